The van der Waals surface area contributed by atoms with Crippen molar-refractivity contribution in [3.05, 3.63) is 65.7 Å². The summed E-state index contributed by atoms with van der Waals surface area (Å²) in [5, 5.41) is 0. The van der Waals surface area contributed by atoms with E-state index < -0.39 is 28.0 Å². The predicted molar refractivity (Wildman–Crippen MR) is 114 cm³/mol. The van der Waals surface area contributed by atoms with Gasteiger partial charge in [0.25, 0.3) is 0 Å². The van der Waals surface area contributed by atoms with Crippen LogP contribution in [0.4, 0.5) is 0 Å². The molecule has 0 bridgehead atoms. The summed E-state index contributed by atoms with van der Waals surface area (Å²) in [6.07, 6.45) is 1.50. The quantitative estimate of drug-likeness (QED) is 0.392. The molecule has 8 nitrogen and oxygen atoms in total. The van der Waals surface area contributed by atoms with Gasteiger partial charge in [-0.3, -0.25) is 4.79 Å². The number of nitrogens with one attached hydrogen (secondary N) is 1. The molecule has 0 aliphatic heterocycles. The van der Waals surface area contributed by atoms with Crippen LogP contribution in [0.2, 0.25) is 0 Å². The Morgan fingerprint density at radius 1 is 0.935 bits per heavy atom. The van der Waals surface area contributed by atoms with E-state index in [2.05, 4.69) is 9.46 Å². The van der Waals surface area contributed by atoms with Crippen LogP contribution < -0.4 is 4.72 Å². The molecular formula is C22H27NO7S. The van der Waals surface area contributed by atoms with E-state index in [0.717, 1.165) is 5.56 Å². The molecule has 31 heavy (non-hydrogen) atoms. The Labute approximate surface area is 182 Å². The normalized spacial score (nSPS) is 12.2. The molecule has 9 heteroatoms. The Bertz CT molecular complexity index is 944. The Hall–Kier alpha value is -2.75. The molecule has 0 aliphatic rings. The number of rotatable bonds is 12. The number of hydrogen-bond acceptors (Lipinski definition) is 7. The van der Waals surface area contributed by atoms with Crippen molar-refractivity contribution in [1.82, 2.24) is 4.72 Å². The number of sulfonamides is 1. The third kappa shape index (κ3) is 7.78. The summed E-state index contributed by atoms with van der Waals surface area (Å²) >= 11 is 0. The van der Waals surface area contributed by atoms with Gasteiger partial charge in [0.15, 0.2) is 0 Å². The third-order valence-corrected chi connectivity index (χ3v) is 6.00. The Morgan fingerprint density at radius 2 is 1.61 bits per heavy atom. The largest absolute Gasteiger partial charge is 0.468 e. The molecule has 0 fully saturated rings. The van der Waals surface area contributed by atoms with Gasteiger partial charge in [0.05, 0.1) is 31.3 Å². The number of esters is 2. The highest BCUT2D eigenvalue weighted by atomic mass is 32.2. The minimum atomic E-state index is -3.98. The number of ether oxygens (including phenoxy) is 3. The first kappa shape index (κ1) is 24.5. The minimum Gasteiger partial charge on any atom is -0.468 e. The van der Waals surface area contributed by atoms with E-state index in [-0.39, 0.29) is 16.9 Å². The lowest BCUT2D eigenvalue weighted by molar-refractivity contribution is -0.142. The average Bonchev–Trinajstić information content (AvgIpc) is 2.80. The number of benzene rings is 2. The van der Waals surface area contributed by atoms with E-state index in [1.54, 1.807) is 0 Å². The van der Waals surface area contributed by atoms with Crippen molar-refractivity contribution in [3.63, 3.8) is 0 Å². The molecule has 0 amide bonds. The summed E-state index contributed by atoms with van der Waals surface area (Å²) in [4.78, 5) is 23.5. The maximum absolute atomic E-state index is 12.6. The lowest BCUT2D eigenvalue weighted by atomic mass is 10.1. The zero-order valence-electron chi connectivity index (χ0n) is 17.6. The van der Waals surface area contributed by atoms with E-state index in [0.29, 0.717) is 26.1 Å². The maximum Gasteiger partial charge on any atom is 0.337 e. The van der Waals surface area contributed by atoms with E-state index in [1.807, 2.05) is 30.3 Å². The molecule has 0 aromatic heterocycles. The lowest BCUT2D eigenvalue weighted by Gasteiger charge is -2.17. The monoisotopic (exact) mass is 449 g/mol. The summed E-state index contributed by atoms with van der Waals surface area (Å²) in [6.45, 7) is 0.986. The molecule has 2 aromatic carbocycles. The number of carbonyl (C=O) groups excluding carboxylic acids is 2. The summed E-state index contributed by atoms with van der Waals surface area (Å²) in [5.41, 5.74) is 1.29. The van der Waals surface area contributed by atoms with Gasteiger partial charge < -0.3 is 14.2 Å². The van der Waals surface area contributed by atoms with Crippen LogP contribution in [0.15, 0.2) is 59.5 Å². The predicted octanol–water partition coefficient (Wildman–Crippen LogP) is 2.68. The fourth-order valence-electron chi connectivity index (χ4n) is 2.83. The average molecular weight is 450 g/mol. The summed E-state index contributed by atoms with van der Waals surface area (Å²) in [7, 11) is -1.54. The van der Waals surface area contributed by atoms with Gasteiger partial charge in [-0.15, -0.1) is 0 Å². The number of hydrogen-bond donors (Lipinski definition) is 1. The van der Waals surface area contributed by atoms with Crippen LogP contribution in [0, 0.1) is 0 Å². The number of unbranched alkanes of at least 4 members (excludes halogenated alkanes) is 1. The minimum absolute atomic E-state index is 0.0692. The zero-order valence-corrected chi connectivity index (χ0v) is 18.4. The molecule has 2 rings (SSSR count). The molecule has 0 saturated carbocycles. The molecule has 0 aliphatic carbocycles. The molecular weight excluding hydrogens is 422 g/mol. The number of carbonyl (C=O) groups is 2. The Kier molecular flexibility index (Phi) is 9.64. The van der Waals surface area contributed by atoms with Gasteiger partial charge in [0, 0.05) is 6.61 Å². The Morgan fingerprint density at radius 3 is 2.23 bits per heavy atom. The van der Waals surface area contributed by atoms with Gasteiger partial charge in [-0.25, -0.2) is 13.2 Å². The van der Waals surface area contributed by atoms with E-state index in [4.69, 9.17) is 9.47 Å². The zero-order chi connectivity index (χ0) is 22.7. The van der Waals surface area contributed by atoms with Crippen LogP contribution in [0.25, 0.3) is 0 Å². The van der Waals surface area contributed by atoms with E-state index in [1.165, 1.54) is 38.5 Å². The van der Waals surface area contributed by atoms with E-state index >= 15 is 0 Å². The SMILES string of the molecule is COC(=O)c1ccc(S(=O)(=O)N[C@H](CCCCOCc2ccccc2)C(=O)OC)cc1. The van der Waals surface area contributed by atoms with Crippen LogP contribution in [0.3, 0.4) is 0 Å². The van der Waals surface area contributed by atoms with E-state index in [9.17, 15) is 18.0 Å². The molecule has 2 aromatic rings. The second-order valence-electron chi connectivity index (χ2n) is 6.75. The smallest absolute Gasteiger partial charge is 0.337 e. The van der Waals surface area contributed by atoms with Crippen LogP contribution in [-0.2, 0) is 35.6 Å². The Balaban J connectivity index is 1.88. The van der Waals surface area contributed by atoms with Crippen LogP contribution >= 0.6 is 0 Å². The molecule has 1 N–H and O–H groups in total. The van der Waals surface area contributed by atoms with Crippen molar-refractivity contribution in [1.29, 1.82) is 0 Å². The molecule has 0 radical (unpaired) electrons. The second-order valence-corrected chi connectivity index (χ2v) is 8.46. The second kappa shape index (κ2) is 12.2. The van der Waals surface area contributed by atoms with Crippen molar-refractivity contribution < 1.29 is 32.2 Å². The van der Waals surface area contributed by atoms with Gasteiger partial charge in [-0.05, 0) is 49.1 Å². The highest BCUT2D eigenvalue weighted by Gasteiger charge is 2.26. The topological polar surface area (TPSA) is 108 Å². The van der Waals surface area contributed by atoms with Crippen molar-refractivity contribution in [3.8, 4) is 0 Å². The summed E-state index contributed by atoms with van der Waals surface area (Å²) < 4.78 is 42.6. The maximum atomic E-state index is 12.6. The molecule has 168 valence electrons. The third-order valence-electron chi connectivity index (χ3n) is 4.51. The van der Waals surface area contributed by atoms with Gasteiger partial charge in [0.1, 0.15) is 6.04 Å². The van der Waals surface area contributed by atoms with Gasteiger partial charge in [-0.2, -0.15) is 4.72 Å². The number of methoxy groups -OCH3 is 2. The van der Waals surface area contributed by atoms with Crippen LogP contribution in [0.1, 0.15) is 35.2 Å². The van der Waals surface area contributed by atoms with Crippen LogP contribution in [0.5, 0.6) is 0 Å². The summed E-state index contributed by atoms with van der Waals surface area (Å²) in [5.74, 6) is -1.24. The van der Waals surface area contributed by atoms with Gasteiger partial charge in [0.2, 0.25) is 10.0 Å². The standard InChI is InChI=1S/C22H27NO7S/c1-28-21(24)18-11-13-19(14-12-18)31(26,27)23-20(22(25)29-2)10-6-7-15-30-16-17-8-4-3-5-9-17/h3-5,8-9,11-14,20,23H,6-7,10,15-16H2,1-2H3/t20-/m1/s1. The molecule has 0 unspecified atom stereocenters. The fraction of sp³-hybridized carbons (Fsp3) is 0.364. The molecule has 1 atom stereocenters. The van der Waals surface area contributed by atoms with Crippen molar-refractivity contribution in [2.45, 2.75) is 36.8 Å². The summed E-state index contributed by atoms with van der Waals surface area (Å²) in [6, 6.07) is 14.0. The van der Waals surface area contributed by atoms with Crippen molar-refractivity contribution in [2.75, 3.05) is 20.8 Å². The molecule has 0 heterocycles. The lowest BCUT2D eigenvalue weighted by Crippen LogP contribution is -2.41. The van der Waals surface area contributed by atoms with Crippen LogP contribution in [-0.4, -0.2) is 47.2 Å². The van der Waals surface area contributed by atoms with Gasteiger partial charge >= 0.3 is 11.9 Å². The first-order valence-corrected chi connectivity index (χ1v) is 11.3. The van der Waals surface area contributed by atoms with Crippen molar-refractivity contribution >= 4 is 22.0 Å². The molecule has 0 saturated heterocycles. The van der Waals surface area contributed by atoms with Crippen molar-refractivity contribution in [2.24, 2.45) is 0 Å². The molecule has 0 spiro atoms. The first-order chi connectivity index (χ1) is 14.9. The first-order valence-electron chi connectivity index (χ1n) is 9.77. The fourth-order valence-corrected chi connectivity index (χ4v) is 4.05. The highest BCUT2D eigenvalue weighted by Crippen LogP contribution is 2.14. The van der Waals surface area contributed by atoms with Gasteiger partial charge in [-0.1, -0.05) is 30.3 Å². The highest BCUT2D eigenvalue weighted by molar-refractivity contribution is 7.89.